The van der Waals surface area contributed by atoms with Gasteiger partial charge in [-0.15, -0.1) is 11.8 Å². The van der Waals surface area contributed by atoms with Crippen LogP contribution in [-0.2, 0) is 9.53 Å². The molecule has 1 aliphatic rings. The summed E-state index contributed by atoms with van der Waals surface area (Å²) in [6, 6.07) is 8.54. The number of nitrogens with zero attached hydrogens (tertiary/aromatic N) is 1. The van der Waals surface area contributed by atoms with Crippen LogP contribution in [0.25, 0.3) is 0 Å². The highest BCUT2D eigenvalue weighted by Gasteiger charge is 2.44. The van der Waals surface area contributed by atoms with Crippen molar-refractivity contribution in [3.8, 4) is 0 Å². The van der Waals surface area contributed by atoms with Crippen molar-refractivity contribution in [1.29, 1.82) is 0 Å². The minimum Gasteiger partial charge on any atom is -0.480 e. The molecule has 1 amide bonds. The number of aliphatic carboxylic acids is 1. The molecule has 6 heteroatoms. The standard InChI is InChI=1S/C15H19NO4S/c1-15(2,3)20-14(19)16-11(13(17)18)9-21-12(16)10-7-5-4-6-8-10/h4-8,11-12H,9H2,1-3H3,(H,17,18)/t11?,12-/m1/s1. The van der Waals surface area contributed by atoms with Gasteiger partial charge in [-0.05, 0) is 26.3 Å². The van der Waals surface area contributed by atoms with Crippen LogP contribution in [0.3, 0.4) is 0 Å². The van der Waals surface area contributed by atoms with E-state index in [0.717, 1.165) is 5.56 Å². The van der Waals surface area contributed by atoms with Crippen molar-refractivity contribution in [2.24, 2.45) is 0 Å². The number of rotatable bonds is 2. The fourth-order valence-corrected chi connectivity index (χ4v) is 3.52. The number of hydrogen-bond donors (Lipinski definition) is 1. The summed E-state index contributed by atoms with van der Waals surface area (Å²) >= 11 is 1.44. The number of thioether (sulfide) groups is 1. The molecule has 0 aromatic heterocycles. The van der Waals surface area contributed by atoms with E-state index in [9.17, 15) is 14.7 Å². The summed E-state index contributed by atoms with van der Waals surface area (Å²) in [6.45, 7) is 5.30. The largest absolute Gasteiger partial charge is 0.480 e. The van der Waals surface area contributed by atoms with Gasteiger partial charge in [-0.1, -0.05) is 30.3 Å². The summed E-state index contributed by atoms with van der Waals surface area (Å²) in [4.78, 5) is 25.1. The van der Waals surface area contributed by atoms with Crippen LogP contribution >= 0.6 is 11.8 Å². The van der Waals surface area contributed by atoms with Crippen LogP contribution < -0.4 is 0 Å². The Morgan fingerprint density at radius 1 is 1.29 bits per heavy atom. The lowest BCUT2D eigenvalue weighted by Gasteiger charge is -2.30. The van der Waals surface area contributed by atoms with E-state index < -0.39 is 23.7 Å². The van der Waals surface area contributed by atoms with Crippen LogP contribution in [-0.4, -0.2) is 39.5 Å². The summed E-state index contributed by atoms with van der Waals surface area (Å²) in [7, 11) is 0. The molecule has 1 aromatic rings. The van der Waals surface area contributed by atoms with Crippen molar-refractivity contribution in [3.63, 3.8) is 0 Å². The first-order valence-corrected chi connectivity index (χ1v) is 7.75. The van der Waals surface area contributed by atoms with Crippen molar-refractivity contribution in [2.45, 2.75) is 37.8 Å². The average Bonchev–Trinajstić information content (AvgIpc) is 2.82. The van der Waals surface area contributed by atoms with Gasteiger partial charge in [-0.25, -0.2) is 9.59 Å². The maximum Gasteiger partial charge on any atom is 0.412 e. The van der Waals surface area contributed by atoms with Gasteiger partial charge in [0, 0.05) is 5.75 Å². The van der Waals surface area contributed by atoms with Crippen molar-refractivity contribution in [2.75, 3.05) is 5.75 Å². The first-order valence-electron chi connectivity index (χ1n) is 6.70. The Hall–Kier alpha value is -1.69. The van der Waals surface area contributed by atoms with Gasteiger partial charge in [-0.2, -0.15) is 0 Å². The van der Waals surface area contributed by atoms with Gasteiger partial charge >= 0.3 is 12.1 Å². The summed E-state index contributed by atoms with van der Waals surface area (Å²) in [6.07, 6.45) is -0.589. The summed E-state index contributed by atoms with van der Waals surface area (Å²) in [5.74, 6) is -0.652. The summed E-state index contributed by atoms with van der Waals surface area (Å²) < 4.78 is 5.36. The lowest BCUT2D eigenvalue weighted by molar-refractivity contribution is -0.142. The smallest absolute Gasteiger partial charge is 0.412 e. The fraction of sp³-hybridized carbons (Fsp3) is 0.467. The van der Waals surface area contributed by atoms with Crippen molar-refractivity contribution in [3.05, 3.63) is 35.9 Å². The fourth-order valence-electron chi connectivity index (χ4n) is 2.11. The number of benzene rings is 1. The highest BCUT2D eigenvalue weighted by molar-refractivity contribution is 7.99. The second-order valence-electron chi connectivity index (χ2n) is 5.84. The normalized spacial score (nSPS) is 22.1. The molecular formula is C15H19NO4S. The number of carbonyl (C=O) groups excluding carboxylic acids is 1. The van der Waals surface area contributed by atoms with Gasteiger partial charge in [0.25, 0.3) is 0 Å². The van der Waals surface area contributed by atoms with E-state index in [0.29, 0.717) is 5.75 Å². The second-order valence-corrected chi connectivity index (χ2v) is 6.95. The zero-order valence-corrected chi connectivity index (χ0v) is 13.1. The van der Waals surface area contributed by atoms with Gasteiger partial charge < -0.3 is 9.84 Å². The van der Waals surface area contributed by atoms with E-state index in [1.54, 1.807) is 20.8 Å². The number of carboxylic acids is 1. The molecule has 2 atom stereocenters. The highest BCUT2D eigenvalue weighted by atomic mass is 32.2. The van der Waals surface area contributed by atoms with Gasteiger partial charge in [0.15, 0.2) is 0 Å². The molecule has 2 rings (SSSR count). The Kier molecular flexibility index (Phi) is 4.46. The number of ether oxygens (including phenoxy) is 1. The number of hydrogen-bond acceptors (Lipinski definition) is 4. The van der Waals surface area contributed by atoms with E-state index in [-0.39, 0.29) is 5.37 Å². The van der Waals surface area contributed by atoms with Crippen LogP contribution in [0, 0.1) is 0 Å². The highest BCUT2D eigenvalue weighted by Crippen LogP contribution is 2.42. The molecule has 5 nitrogen and oxygen atoms in total. The molecule has 1 unspecified atom stereocenters. The predicted octanol–water partition coefficient (Wildman–Crippen LogP) is 3.12. The molecule has 0 bridgehead atoms. The van der Waals surface area contributed by atoms with Crippen LogP contribution in [0.15, 0.2) is 30.3 Å². The third-order valence-electron chi connectivity index (χ3n) is 2.97. The van der Waals surface area contributed by atoms with Gasteiger partial charge in [0.05, 0.1) is 0 Å². The molecule has 1 fully saturated rings. The summed E-state index contributed by atoms with van der Waals surface area (Å²) in [5.41, 5.74) is 0.242. The van der Waals surface area contributed by atoms with E-state index in [1.807, 2.05) is 30.3 Å². The minimum atomic E-state index is -1.01. The van der Waals surface area contributed by atoms with Crippen LogP contribution in [0.5, 0.6) is 0 Å². The van der Waals surface area contributed by atoms with Crippen molar-refractivity contribution >= 4 is 23.8 Å². The zero-order valence-electron chi connectivity index (χ0n) is 12.3. The maximum absolute atomic E-state index is 12.4. The molecule has 1 aliphatic heterocycles. The molecular weight excluding hydrogens is 290 g/mol. The quantitative estimate of drug-likeness (QED) is 0.909. The average molecular weight is 309 g/mol. The first-order chi connectivity index (χ1) is 9.79. The maximum atomic E-state index is 12.4. The topological polar surface area (TPSA) is 66.8 Å². The lowest BCUT2D eigenvalue weighted by Crippen LogP contribution is -2.45. The molecule has 1 saturated heterocycles. The van der Waals surface area contributed by atoms with Crippen LogP contribution in [0.2, 0.25) is 0 Å². The molecule has 1 N–H and O–H groups in total. The monoisotopic (exact) mass is 309 g/mol. The van der Waals surface area contributed by atoms with E-state index in [1.165, 1.54) is 16.7 Å². The van der Waals surface area contributed by atoms with Crippen LogP contribution in [0.4, 0.5) is 4.79 Å². The minimum absolute atomic E-state index is 0.331. The lowest BCUT2D eigenvalue weighted by atomic mass is 10.2. The van der Waals surface area contributed by atoms with Crippen LogP contribution in [0.1, 0.15) is 31.7 Å². The molecule has 114 valence electrons. The van der Waals surface area contributed by atoms with E-state index >= 15 is 0 Å². The third-order valence-corrected chi connectivity index (χ3v) is 4.30. The van der Waals surface area contributed by atoms with E-state index in [4.69, 9.17) is 4.74 Å². The van der Waals surface area contributed by atoms with Crippen molar-refractivity contribution < 1.29 is 19.4 Å². The number of carbonyl (C=O) groups is 2. The number of amides is 1. The van der Waals surface area contributed by atoms with Gasteiger partial charge in [0.2, 0.25) is 0 Å². The zero-order chi connectivity index (χ0) is 15.6. The SMILES string of the molecule is CC(C)(C)OC(=O)N1C(C(=O)O)CS[C@@H]1c1ccccc1. The van der Waals surface area contributed by atoms with Crippen molar-refractivity contribution in [1.82, 2.24) is 4.90 Å². The van der Waals surface area contributed by atoms with E-state index in [2.05, 4.69) is 0 Å². The Balaban J connectivity index is 2.29. The predicted molar refractivity (Wildman–Crippen MR) is 81.1 cm³/mol. The molecule has 0 spiro atoms. The molecule has 21 heavy (non-hydrogen) atoms. The number of carboxylic acid groups (broad SMARTS) is 1. The summed E-state index contributed by atoms with van der Waals surface area (Å²) in [5, 5.41) is 9.00. The molecule has 0 aliphatic carbocycles. The van der Waals surface area contributed by atoms with Gasteiger partial charge in [0.1, 0.15) is 17.0 Å². The molecule has 1 heterocycles. The Labute approximate surface area is 128 Å². The Morgan fingerprint density at radius 2 is 1.90 bits per heavy atom. The molecule has 0 radical (unpaired) electrons. The first kappa shape index (κ1) is 15.7. The second kappa shape index (κ2) is 5.97. The Bertz CT molecular complexity index is 526. The Morgan fingerprint density at radius 3 is 2.43 bits per heavy atom. The third kappa shape index (κ3) is 3.69. The molecule has 0 saturated carbocycles. The molecule has 1 aromatic carbocycles. The van der Waals surface area contributed by atoms with Gasteiger partial charge in [-0.3, -0.25) is 4.90 Å².